The summed E-state index contributed by atoms with van der Waals surface area (Å²) < 4.78 is 0. The molecule has 0 fully saturated rings. The molecule has 98 valence electrons. The van der Waals surface area contributed by atoms with Crippen molar-refractivity contribution in [3.05, 3.63) is 57.3 Å². The predicted octanol–water partition coefficient (Wildman–Crippen LogP) is 2.36. The Morgan fingerprint density at radius 3 is 2.26 bits per heavy atom. The van der Waals surface area contributed by atoms with Gasteiger partial charge >= 0.3 is 5.97 Å². The Labute approximate surface area is 115 Å². The Morgan fingerprint density at radius 1 is 1.16 bits per heavy atom. The Hall–Kier alpha value is -1.65. The Balaban J connectivity index is 2.06. The van der Waals surface area contributed by atoms with Gasteiger partial charge in [-0.3, -0.25) is 4.79 Å². The number of carboxylic acid groups (broad SMARTS) is 1. The lowest BCUT2D eigenvalue weighted by atomic mass is 9.83. The van der Waals surface area contributed by atoms with Gasteiger partial charge in [-0.15, -0.1) is 11.3 Å². The fourth-order valence-electron chi connectivity index (χ4n) is 2.77. The van der Waals surface area contributed by atoms with E-state index in [0.717, 1.165) is 20.9 Å². The molecular weight excluding hydrogens is 260 g/mol. The maximum atomic E-state index is 11.8. The summed E-state index contributed by atoms with van der Waals surface area (Å²) in [5.41, 5.74) is 1.37. The molecule has 4 heteroatoms. The van der Waals surface area contributed by atoms with Crippen molar-refractivity contribution in [3.8, 4) is 0 Å². The molecule has 0 atom stereocenters. The largest absolute Gasteiger partial charge is 0.481 e. The first-order valence-corrected chi connectivity index (χ1v) is 6.97. The van der Waals surface area contributed by atoms with Gasteiger partial charge in [0.2, 0.25) is 0 Å². The summed E-state index contributed by atoms with van der Waals surface area (Å²) in [4.78, 5) is 13.5. The van der Waals surface area contributed by atoms with Crippen LogP contribution in [0.2, 0.25) is 0 Å². The lowest BCUT2D eigenvalue weighted by Crippen LogP contribution is -2.35. The Morgan fingerprint density at radius 2 is 1.79 bits per heavy atom. The smallest absolute Gasteiger partial charge is 0.315 e. The minimum absolute atomic E-state index is 0.0344. The minimum Gasteiger partial charge on any atom is -0.481 e. The van der Waals surface area contributed by atoms with Gasteiger partial charge in [0.05, 0.1) is 6.61 Å². The number of carbonyl (C=O) groups is 1. The zero-order valence-corrected chi connectivity index (χ0v) is 11.1. The number of aliphatic hydroxyl groups excluding tert-OH is 1. The average molecular weight is 274 g/mol. The second-order valence-corrected chi connectivity index (χ2v) is 6.10. The highest BCUT2D eigenvalue weighted by Crippen LogP contribution is 2.42. The van der Waals surface area contributed by atoms with Crippen LogP contribution in [0.4, 0.5) is 0 Å². The van der Waals surface area contributed by atoms with E-state index in [1.807, 2.05) is 36.4 Å². The fraction of sp³-hybridized carbons (Fsp3) is 0.267. The molecule has 1 aliphatic rings. The first-order valence-electron chi connectivity index (χ1n) is 6.16. The van der Waals surface area contributed by atoms with Crippen molar-refractivity contribution in [1.29, 1.82) is 0 Å². The van der Waals surface area contributed by atoms with E-state index in [2.05, 4.69) is 0 Å². The van der Waals surface area contributed by atoms with Gasteiger partial charge in [-0.1, -0.05) is 24.3 Å². The molecule has 1 heterocycles. The number of aliphatic hydroxyl groups is 1. The number of rotatable bonds is 3. The van der Waals surface area contributed by atoms with Crippen molar-refractivity contribution in [2.24, 2.45) is 0 Å². The van der Waals surface area contributed by atoms with Crippen molar-refractivity contribution in [2.45, 2.75) is 24.9 Å². The van der Waals surface area contributed by atoms with Crippen LogP contribution in [-0.4, -0.2) is 16.2 Å². The molecule has 0 spiro atoms. The fourth-order valence-corrected chi connectivity index (χ4v) is 3.81. The summed E-state index contributed by atoms with van der Waals surface area (Å²) in [5, 5.41) is 18.9. The van der Waals surface area contributed by atoms with Crippen molar-refractivity contribution >= 4 is 17.3 Å². The van der Waals surface area contributed by atoms with Gasteiger partial charge < -0.3 is 10.2 Å². The molecule has 0 bridgehead atoms. The van der Waals surface area contributed by atoms with Gasteiger partial charge in [0.15, 0.2) is 0 Å². The number of thiophene rings is 1. The van der Waals surface area contributed by atoms with E-state index in [9.17, 15) is 9.90 Å². The third-order valence-corrected chi connectivity index (χ3v) is 5.08. The Kier molecular flexibility index (Phi) is 2.92. The normalized spacial score (nSPS) is 16.3. The third kappa shape index (κ3) is 1.88. The van der Waals surface area contributed by atoms with Crippen LogP contribution in [0.25, 0.3) is 0 Å². The number of benzene rings is 1. The molecule has 0 saturated heterocycles. The summed E-state index contributed by atoms with van der Waals surface area (Å²) in [7, 11) is 0. The Bertz CT molecular complexity index is 605. The molecule has 1 aromatic carbocycles. The van der Waals surface area contributed by atoms with E-state index in [4.69, 9.17) is 5.11 Å². The molecule has 0 aliphatic heterocycles. The van der Waals surface area contributed by atoms with Crippen LogP contribution >= 0.6 is 11.3 Å². The number of carboxylic acids is 1. The van der Waals surface area contributed by atoms with E-state index in [1.54, 1.807) is 0 Å². The van der Waals surface area contributed by atoms with Crippen molar-refractivity contribution in [3.63, 3.8) is 0 Å². The maximum absolute atomic E-state index is 11.8. The van der Waals surface area contributed by atoms with Gasteiger partial charge in [-0.25, -0.2) is 0 Å². The van der Waals surface area contributed by atoms with Crippen LogP contribution in [0.1, 0.15) is 20.9 Å². The van der Waals surface area contributed by atoms with Gasteiger partial charge in [0, 0.05) is 9.75 Å². The first kappa shape index (κ1) is 12.4. The van der Waals surface area contributed by atoms with Crippen LogP contribution < -0.4 is 0 Å². The minimum atomic E-state index is -0.859. The van der Waals surface area contributed by atoms with Gasteiger partial charge in [0.1, 0.15) is 5.41 Å². The van der Waals surface area contributed by atoms with Crippen LogP contribution in [0.3, 0.4) is 0 Å². The van der Waals surface area contributed by atoms with Gasteiger partial charge in [-0.05, 0) is 36.1 Å². The van der Waals surface area contributed by atoms with Crippen molar-refractivity contribution in [2.75, 3.05) is 0 Å². The molecule has 3 nitrogen and oxygen atoms in total. The topological polar surface area (TPSA) is 57.5 Å². The summed E-state index contributed by atoms with van der Waals surface area (Å²) in [6.07, 6.45) is 1.06. The highest BCUT2D eigenvalue weighted by Gasteiger charge is 2.46. The van der Waals surface area contributed by atoms with Gasteiger partial charge in [-0.2, -0.15) is 0 Å². The van der Waals surface area contributed by atoms with Crippen molar-refractivity contribution in [1.82, 2.24) is 0 Å². The average Bonchev–Trinajstić information content (AvgIpc) is 3.03. The van der Waals surface area contributed by atoms with E-state index in [0.29, 0.717) is 12.8 Å². The highest BCUT2D eigenvalue weighted by molar-refractivity contribution is 7.12. The van der Waals surface area contributed by atoms with E-state index < -0.39 is 11.4 Å². The summed E-state index contributed by atoms with van der Waals surface area (Å²) in [6.45, 7) is -0.0344. The number of fused-ring (bicyclic) bond motifs is 1. The highest BCUT2D eigenvalue weighted by atomic mass is 32.1. The SMILES string of the molecule is O=C(O)C1(c2ccc(CO)s2)Cc2ccccc2C1. The molecular formula is C15H14O3S. The molecule has 2 N–H and O–H groups in total. The van der Waals surface area contributed by atoms with Crippen LogP contribution in [0.5, 0.6) is 0 Å². The van der Waals surface area contributed by atoms with Crippen LogP contribution in [-0.2, 0) is 29.7 Å². The van der Waals surface area contributed by atoms with Gasteiger partial charge in [0.25, 0.3) is 0 Å². The molecule has 0 amide bonds. The standard InChI is InChI=1S/C15H14O3S/c16-9-12-5-6-13(19-12)15(14(17)18)7-10-3-1-2-4-11(10)8-15/h1-6,16H,7-9H2,(H,17,18). The zero-order valence-electron chi connectivity index (χ0n) is 10.3. The predicted molar refractivity (Wildman–Crippen MR) is 73.4 cm³/mol. The lowest BCUT2D eigenvalue weighted by Gasteiger charge is -2.22. The molecule has 1 aromatic heterocycles. The summed E-state index contributed by atoms with van der Waals surface area (Å²) >= 11 is 1.40. The van der Waals surface area contributed by atoms with E-state index in [-0.39, 0.29) is 6.61 Å². The summed E-state index contributed by atoms with van der Waals surface area (Å²) in [6, 6.07) is 11.6. The molecule has 19 heavy (non-hydrogen) atoms. The van der Waals surface area contributed by atoms with Crippen molar-refractivity contribution < 1.29 is 15.0 Å². The quantitative estimate of drug-likeness (QED) is 0.903. The second-order valence-electron chi connectivity index (χ2n) is 4.93. The van der Waals surface area contributed by atoms with E-state index in [1.165, 1.54) is 11.3 Å². The number of hydrogen-bond donors (Lipinski definition) is 2. The molecule has 0 saturated carbocycles. The molecule has 0 radical (unpaired) electrons. The third-order valence-electron chi connectivity index (χ3n) is 3.80. The van der Waals surface area contributed by atoms with E-state index >= 15 is 0 Å². The summed E-state index contributed by atoms with van der Waals surface area (Å²) in [5.74, 6) is -0.782. The molecule has 0 unspecified atom stereocenters. The van der Waals surface area contributed by atoms with Crippen LogP contribution in [0, 0.1) is 0 Å². The molecule has 2 aromatic rings. The molecule has 3 rings (SSSR count). The maximum Gasteiger partial charge on any atom is 0.315 e. The van der Waals surface area contributed by atoms with Crippen LogP contribution in [0.15, 0.2) is 36.4 Å². The zero-order chi connectivity index (χ0) is 13.5. The first-order chi connectivity index (χ1) is 9.15. The monoisotopic (exact) mass is 274 g/mol. The number of hydrogen-bond acceptors (Lipinski definition) is 3. The second kappa shape index (κ2) is 4.47. The lowest BCUT2D eigenvalue weighted by molar-refractivity contribution is -0.143. The number of aliphatic carboxylic acids is 1. The molecule has 1 aliphatic carbocycles.